The molecular formula is C17H28F3IN4O2S. The molecule has 11 heteroatoms. The van der Waals surface area contributed by atoms with E-state index in [4.69, 9.17) is 0 Å². The molecule has 6 nitrogen and oxygen atoms in total. The maximum Gasteiger partial charge on any atom is 0.416 e. The van der Waals surface area contributed by atoms with Crippen LogP contribution in [0.1, 0.15) is 25.0 Å². The molecule has 0 aliphatic rings. The van der Waals surface area contributed by atoms with E-state index < -0.39 is 21.8 Å². The fourth-order valence-electron chi connectivity index (χ4n) is 2.45. The summed E-state index contributed by atoms with van der Waals surface area (Å²) in [7, 11) is -1.75. The van der Waals surface area contributed by atoms with Gasteiger partial charge in [0.15, 0.2) is 5.96 Å². The molecule has 0 saturated heterocycles. The summed E-state index contributed by atoms with van der Waals surface area (Å²) in [5.74, 6) is 0.394. The lowest BCUT2D eigenvalue weighted by Crippen LogP contribution is -2.42. The molecule has 0 aliphatic carbocycles. The molecule has 0 radical (unpaired) electrons. The molecule has 0 heterocycles. The highest BCUT2D eigenvalue weighted by Gasteiger charge is 2.29. The molecule has 1 rings (SSSR count). The molecule has 2 N–H and O–H groups in total. The van der Waals surface area contributed by atoms with Gasteiger partial charge in [-0.05, 0) is 24.1 Å². The van der Waals surface area contributed by atoms with Crippen molar-refractivity contribution in [3.63, 3.8) is 0 Å². The predicted molar refractivity (Wildman–Crippen MR) is 117 cm³/mol. The topological polar surface area (TPSA) is 73.8 Å². The molecule has 0 unspecified atom stereocenters. The van der Waals surface area contributed by atoms with Gasteiger partial charge in [0, 0.05) is 33.2 Å². The van der Waals surface area contributed by atoms with E-state index in [-0.39, 0.29) is 36.3 Å². The van der Waals surface area contributed by atoms with E-state index in [9.17, 15) is 21.6 Å². The Morgan fingerprint density at radius 2 is 1.61 bits per heavy atom. The molecule has 1 aromatic carbocycles. The van der Waals surface area contributed by atoms with Crippen LogP contribution < -0.4 is 10.6 Å². The number of guanidine groups is 1. The van der Waals surface area contributed by atoms with Crippen LogP contribution in [-0.4, -0.2) is 57.7 Å². The van der Waals surface area contributed by atoms with Gasteiger partial charge in [-0.2, -0.15) is 13.2 Å². The number of rotatable bonds is 9. The van der Waals surface area contributed by atoms with Crippen molar-refractivity contribution in [1.29, 1.82) is 0 Å². The van der Waals surface area contributed by atoms with Crippen LogP contribution in [0, 0.1) is 0 Å². The number of nitrogens with one attached hydrogen (secondary N) is 2. The minimum absolute atomic E-state index is 0. The Kier molecular flexibility index (Phi) is 12.0. The number of alkyl halides is 3. The molecule has 0 aromatic heterocycles. The summed E-state index contributed by atoms with van der Waals surface area (Å²) in [4.78, 5) is 4.01. The van der Waals surface area contributed by atoms with E-state index in [0.717, 1.165) is 17.7 Å². The summed E-state index contributed by atoms with van der Waals surface area (Å²) in [6.07, 6.45) is -3.83. The van der Waals surface area contributed by atoms with Crippen molar-refractivity contribution in [3.05, 3.63) is 35.4 Å². The molecular weight excluding hydrogens is 508 g/mol. The molecule has 1 aromatic rings. The normalized spacial score (nSPS) is 12.6. The Morgan fingerprint density at radius 3 is 2.07 bits per heavy atom. The minimum Gasteiger partial charge on any atom is -0.356 e. The van der Waals surface area contributed by atoms with Gasteiger partial charge in [-0.1, -0.05) is 26.0 Å². The second kappa shape index (κ2) is 12.5. The zero-order valence-electron chi connectivity index (χ0n) is 16.2. The van der Waals surface area contributed by atoms with Crippen molar-refractivity contribution in [2.45, 2.75) is 26.4 Å². The lowest BCUT2D eigenvalue weighted by Gasteiger charge is -2.19. The van der Waals surface area contributed by atoms with E-state index in [1.165, 1.54) is 16.4 Å². The zero-order chi connectivity index (χ0) is 20.5. The molecule has 0 saturated carbocycles. The van der Waals surface area contributed by atoms with Crippen LogP contribution in [0.3, 0.4) is 0 Å². The van der Waals surface area contributed by atoms with Crippen molar-refractivity contribution >= 4 is 40.0 Å². The average molecular weight is 536 g/mol. The number of sulfonamides is 1. The van der Waals surface area contributed by atoms with Gasteiger partial charge in [0.05, 0.1) is 11.3 Å². The van der Waals surface area contributed by atoms with E-state index in [1.807, 2.05) is 0 Å². The number of hydrogen-bond donors (Lipinski definition) is 2. The van der Waals surface area contributed by atoms with Gasteiger partial charge in [-0.3, -0.25) is 4.99 Å². The van der Waals surface area contributed by atoms with Crippen molar-refractivity contribution in [2.75, 3.05) is 39.0 Å². The SMILES string of the molecule is CCN(CC)S(=O)(=O)CCNC(=NC)NCCc1ccc(C(F)(F)F)cc1.I. The van der Waals surface area contributed by atoms with Gasteiger partial charge < -0.3 is 10.6 Å². The first kappa shape index (κ1) is 26.9. The molecule has 0 aliphatic heterocycles. The van der Waals surface area contributed by atoms with Crippen molar-refractivity contribution in [2.24, 2.45) is 4.99 Å². The standard InChI is InChI=1S/C17H27F3N4O2S.HI/c1-4-24(5-2)27(25,26)13-12-23-16(21-3)22-11-10-14-6-8-15(9-7-14)17(18,19)20;/h6-9H,4-5,10-13H2,1-3H3,(H2,21,22,23);1H. The lowest BCUT2D eigenvalue weighted by molar-refractivity contribution is -0.137. The number of aliphatic imine (C=N–C) groups is 1. The van der Waals surface area contributed by atoms with E-state index in [0.29, 0.717) is 32.0 Å². The lowest BCUT2D eigenvalue weighted by atomic mass is 10.1. The van der Waals surface area contributed by atoms with E-state index >= 15 is 0 Å². The third kappa shape index (κ3) is 8.95. The number of nitrogens with zero attached hydrogens (tertiary/aromatic N) is 2. The van der Waals surface area contributed by atoms with Gasteiger partial charge in [0.1, 0.15) is 0 Å². The van der Waals surface area contributed by atoms with Gasteiger partial charge in [0.25, 0.3) is 0 Å². The van der Waals surface area contributed by atoms with Crippen LogP contribution in [0.15, 0.2) is 29.3 Å². The second-order valence-corrected chi connectivity index (χ2v) is 7.86. The summed E-state index contributed by atoms with van der Waals surface area (Å²) < 4.78 is 63.2. The third-order valence-electron chi connectivity index (χ3n) is 3.96. The molecule has 0 fully saturated rings. The van der Waals surface area contributed by atoms with Gasteiger partial charge >= 0.3 is 6.18 Å². The third-order valence-corrected chi connectivity index (χ3v) is 5.99. The molecule has 0 bridgehead atoms. The highest BCUT2D eigenvalue weighted by atomic mass is 127. The molecule has 28 heavy (non-hydrogen) atoms. The summed E-state index contributed by atoms with van der Waals surface area (Å²) in [5, 5.41) is 5.94. The van der Waals surface area contributed by atoms with Crippen molar-refractivity contribution in [3.8, 4) is 0 Å². The highest BCUT2D eigenvalue weighted by Crippen LogP contribution is 2.29. The van der Waals surface area contributed by atoms with Crippen LogP contribution in [0.2, 0.25) is 0 Å². The Labute approximate surface area is 182 Å². The average Bonchev–Trinajstić information content (AvgIpc) is 2.60. The highest BCUT2D eigenvalue weighted by molar-refractivity contribution is 14.0. The number of benzene rings is 1. The summed E-state index contributed by atoms with van der Waals surface area (Å²) >= 11 is 0. The molecule has 162 valence electrons. The number of hydrogen-bond acceptors (Lipinski definition) is 3. The number of halogens is 4. The Hall–Kier alpha value is -1.08. The predicted octanol–water partition coefficient (Wildman–Crippen LogP) is 2.70. The van der Waals surface area contributed by atoms with Crippen LogP contribution in [0.4, 0.5) is 13.2 Å². The van der Waals surface area contributed by atoms with Crippen LogP contribution in [0.5, 0.6) is 0 Å². The molecule has 0 amide bonds. The fraction of sp³-hybridized carbons (Fsp3) is 0.588. The van der Waals surface area contributed by atoms with Crippen molar-refractivity contribution in [1.82, 2.24) is 14.9 Å². The smallest absolute Gasteiger partial charge is 0.356 e. The van der Waals surface area contributed by atoms with Gasteiger partial charge in [-0.25, -0.2) is 12.7 Å². The Morgan fingerprint density at radius 1 is 1.07 bits per heavy atom. The monoisotopic (exact) mass is 536 g/mol. The maximum absolute atomic E-state index is 12.5. The molecule has 0 atom stereocenters. The molecule has 0 spiro atoms. The Balaban J connectivity index is 0.00000729. The summed E-state index contributed by atoms with van der Waals surface area (Å²) in [6.45, 7) is 5.09. The van der Waals surface area contributed by atoms with E-state index in [1.54, 1.807) is 20.9 Å². The first-order valence-electron chi connectivity index (χ1n) is 8.72. The second-order valence-electron chi connectivity index (χ2n) is 5.77. The summed E-state index contributed by atoms with van der Waals surface area (Å²) in [6, 6.07) is 5.00. The van der Waals surface area contributed by atoms with Crippen LogP contribution in [-0.2, 0) is 22.6 Å². The van der Waals surface area contributed by atoms with Crippen LogP contribution in [0.25, 0.3) is 0 Å². The largest absolute Gasteiger partial charge is 0.416 e. The quantitative estimate of drug-likeness (QED) is 0.289. The fourth-order valence-corrected chi connectivity index (χ4v) is 3.86. The van der Waals surface area contributed by atoms with Gasteiger partial charge in [0.2, 0.25) is 10.0 Å². The zero-order valence-corrected chi connectivity index (χ0v) is 19.4. The Bertz CT molecular complexity index is 706. The first-order valence-corrected chi connectivity index (χ1v) is 10.3. The minimum atomic E-state index is -4.34. The van der Waals surface area contributed by atoms with Gasteiger partial charge in [-0.15, -0.1) is 24.0 Å². The van der Waals surface area contributed by atoms with E-state index in [2.05, 4.69) is 15.6 Å². The maximum atomic E-state index is 12.5. The first-order chi connectivity index (χ1) is 12.6. The van der Waals surface area contributed by atoms with Crippen LogP contribution >= 0.6 is 24.0 Å². The van der Waals surface area contributed by atoms with Crippen molar-refractivity contribution < 1.29 is 21.6 Å². The summed E-state index contributed by atoms with van der Waals surface area (Å²) in [5.41, 5.74) is 0.0844.